The fourth-order valence-corrected chi connectivity index (χ4v) is 3.18. The Balaban J connectivity index is 1.79. The minimum atomic E-state index is -0.500. The quantitative estimate of drug-likeness (QED) is 0.745. The molecular formula is C21H30BNO4. The lowest BCUT2D eigenvalue weighted by Crippen LogP contribution is -2.41. The molecule has 0 N–H and O–H groups in total. The summed E-state index contributed by atoms with van der Waals surface area (Å²) >= 11 is 0. The van der Waals surface area contributed by atoms with Gasteiger partial charge in [0, 0.05) is 13.1 Å². The predicted molar refractivity (Wildman–Crippen MR) is 108 cm³/mol. The van der Waals surface area contributed by atoms with E-state index in [4.69, 9.17) is 14.0 Å². The molecular weight excluding hydrogens is 341 g/mol. The molecule has 0 atom stereocenters. The van der Waals surface area contributed by atoms with Gasteiger partial charge in [-0.25, -0.2) is 4.79 Å². The van der Waals surface area contributed by atoms with E-state index in [-0.39, 0.29) is 6.09 Å². The van der Waals surface area contributed by atoms with Gasteiger partial charge >= 0.3 is 13.2 Å². The standard InChI is InChI=1S/C21H30BNO4/c1-19(2,3)25-18(24)23-13-12-15(14-23)16-10-8-9-11-17(16)22-26-20(4,5)21(6,7)27-22/h8-12H,13-14H2,1-7H3. The van der Waals surface area contributed by atoms with Gasteiger partial charge in [-0.05, 0) is 65.1 Å². The maximum absolute atomic E-state index is 12.4. The Hall–Kier alpha value is -1.79. The van der Waals surface area contributed by atoms with Crippen LogP contribution in [-0.4, -0.2) is 48.0 Å². The van der Waals surface area contributed by atoms with E-state index in [0.717, 1.165) is 16.6 Å². The lowest BCUT2D eigenvalue weighted by molar-refractivity contribution is 0.00578. The van der Waals surface area contributed by atoms with Crippen molar-refractivity contribution in [3.63, 3.8) is 0 Å². The van der Waals surface area contributed by atoms with E-state index in [0.29, 0.717) is 13.1 Å². The first-order valence-electron chi connectivity index (χ1n) is 9.51. The van der Waals surface area contributed by atoms with Crippen molar-refractivity contribution < 1.29 is 18.8 Å². The lowest BCUT2D eigenvalue weighted by atomic mass is 9.74. The minimum absolute atomic E-state index is 0.290. The monoisotopic (exact) mass is 371 g/mol. The first kappa shape index (κ1) is 20.0. The van der Waals surface area contributed by atoms with E-state index < -0.39 is 23.9 Å². The van der Waals surface area contributed by atoms with Gasteiger partial charge in [-0.1, -0.05) is 30.3 Å². The van der Waals surface area contributed by atoms with Gasteiger partial charge in [0.05, 0.1) is 11.2 Å². The van der Waals surface area contributed by atoms with Crippen molar-refractivity contribution >= 4 is 24.2 Å². The Morgan fingerprint density at radius 2 is 1.70 bits per heavy atom. The second-order valence-electron chi connectivity index (χ2n) is 9.27. The van der Waals surface area contributed by atoms with Gasteiger partial charge in [0.2, 0.25) is 0 Å². The number of nitrogens with zero attached hydrogens (tertiary/aromatic N) is 1. The molecule has 1 fully saturated rings. The molecule has 0 bridgehead atoms. The molecule has 0 aliphatic carbocycles. The number of hydrogen-bond donors (Lipinski definition) is 0. The number of ether oxygens (including phenoxy) is 1. The van der Waals surface area contributed by atoms with E-state index in [1.807, 2.05) is 39.0 Å². The smallest absolute Gasteiger partial charge is 0.444 e. The van der Waals surface area contributed by atoms with Crippen LogP contribution in [0.5, 0.6) is 0 Å². The number of hydrogen-bond acceptors (Lipinski definition) is 4. The molecule has 0 spiro atoms. The zero-order valence-corrected chi connectivity index (χ0v) is 17.5. The number of amides is 1. The van der Waals surface area contributed by atoms with Crippen molar-refractivity contribution in [3.8, 4) is 0 Å². The second-order valence-corrected chi connectivity index (χ2v) is 9.27. The van der Waals surface area contributed by atoms with Crippen molar-refractivity contribution in [1.82, 2.24) is 4.90 Å². The van der Waals surface area contributed by atoms with E-state index in [1.54, 1.807) is 4.90 Å². The highest BCUT2D eigenvalue weighted by molar-refractivity contribution is 6.63. The zero-order chi connectivity index (χ0) is 20.0. The summed E-state index contributed by atoms with van der Waals surface area (Å²) in [6, 6.07) is 8.09. The average Bonchev–Trinajstić information content (AvgIpc) is 3.09. The Labute approximate surface area is 162 Å². The molecule has 3 rings (SSSR count). The third kappa shape index (κ3) is 4.07. The van der Waals surface area contributed by atoms with E-state index in [9.17, 15) is 4.79 Å². The van der Waals surface area contributed by atoms with Crippen LogP contribution >= 0.6 is 0 Å². The molecule has 6 heteroatoms. The summed E-state index contributed by atoms with van der Waals surface area (Å²) in [5.41, 5.74) is 1.86. The summed E-state index contributed by atoms with van der Waals surface area (Å²) in [7, 11) is -0.428. The molecule has 146 valence electrons. The van der Waals surface area contributed by atoms with Gasteiger partial charge < -0.3 is 18.9 Å². The van der Waals surface area contributed by atoms with Crippen LogP contribution in [0.15, 0.2) is 30.3 Å². The highest BCUT2D eigenvalue weighted by Gasteiger charge is 2.52. The molecule has 2 heterocycles. The largest absolute Gasteiger partial charge is 0.495 e. The molecule has 0 unspecified atom stereocenters. The maximum Gasteiger partial charge on any atom is 0.495 e. The van der Waals surface area contributed by atoms with Crippen molar-refractivity contribution in [1.29, 1.82) is 0 Å². The van der Waals surface area contributed by atoms with Crippen LogP contribution in [0.2, 0.25) is 0 Å². The predicted octanol–water partition coefficient (Wildman–Crippen LogP) is 3.62. The molecule has 1 saturated heterocycles. The van der Waals surface area contributed by atoms with Gasteiger partial charge in [0.15, 0.2) is 0 Å². The molecule has 0 radical (unpaired) electrons. The van der Waals surface area contributed by atoms with Gasteiger partial charge in [0.25, 0.3) is 0 Å². The molecule has 1 aromatic carbocycles. The van der Waals surface area contributed by atoms with Crippen molar-refractivity contribution in [3.05, 3.63) is 35.9 Å². The number of carbonyl (C=O) groups is 1. The lowest BCUT2D eigenvalue weighted by Gasteiger charge is -2.32. The van der Waals surface area contributed by atoms with Gasteiger partial charge in [-0.3, -0.25) is 0 Å². The summed E-state index contributed by atoms with van der Waals surface area (Å²) in [6.45, 7) is 14.9. The molecule has 1 aromatic rings. The first-order valence-corrected chi connectivity index (χ1v) is 9.51. The molecule has 0 saturated carbocycles. The van der Waals surface area contributed by atoms with Crippen LogP contribution < -0.4 is 5.46 Å². The Morgan fingerprint density at radius 1 is 1.11 bits per heavy atom. The molecule has 2 aliphatic heterocycles. The van der Waals surface area contributed by atoms with E-state index in [1.165, 1.54) is 0 Å². The maximum atomic E-state index is 12.4. The summed E-state index contributed by atoms with van der Waals surface area (Å²) < 4.78 is 18.0. The highest BCUT2D eigenvalue weighted by atomic mass is 16.7. The van der Waals surface area contributed by atoms with Crippen LogP contribution in [0, 0.1) is 0 Å². The molecule has 1 amide bonds. The molecule has 0 aromatic heterocycles. The van der Waals surface area contributed by atoms with Crippen LogP contribution in [0.3, 0.4) is 0 Å². The minimum Gasteiger partial charge on any atom is -0.444 e. The van der Waals surface area contributed by atoms with Crippen LogP contribution in [0.4, 0.5) is 4.79 Å². The normalized spacial score (nSPS) is 21.4. The summed E-state index contributed by atoms with van der Waals surface area (Å²) in [6.07, 6.45) is 1.79. The molecule has 2 aliphatic rings. The van der Waals surface area contributed by atoms with Crippen LogP contribution in [-0.2, 0) is 14.0 Å². The fraction of sp³-hybridized carbons (Fsp3) is 0.571. The van der Waals surface area contributed by atoms with Crippen molar-refractivity contribution in [2.75, 3.05) is 13.1 Å². The third-order valence-corrected chi connectivity index (χ3v) is 5.38. The highest BCUT2D eigenvalue weighted by Crippen LogP contribution is 2.37. The Morgan fingerprint density at radius 3 is 2.30 bits per heavy atom. The number of carbonyl (C=O) groups excluding carboxylic acids is 1. The number of benzene rings is 1. The topological polar surface area (TPSA) is 48.0 Å². The molecule has 27 heavy (non-hydrogen) atoms. The summed E-state index contributed by atoms with van der Waals surface area (Å²) in [5, 5.41) is 0. The van der Waals surface area contributed by atoms with Gasteiger partial charge in [-0.15, -0.1) is 0 Å². The first-order chi connectivity index (χ1) is 12.4. The SMILES string of the molecule is CC(C)(C)OC(=O)N1CC=C(c2ccccc2B2OC(C)(C)C(C)(C)O2)C1. The third-order valence-electron chi connectivity index (χ3n) is 5.38. The fourth-order valence-electron chi connectivity index (χ4n) is 3.18. The van der Waals surface area contributed by atoms with Crippen LogP contribution in [0.1, 0.15) is 54.0 Å². The Kier molecular flexibility index (Phi) is 4.94. The average molecular weight is 371 g/mol. The Bertz CT molecular complexity index is 748. The van der Waals surface area contributed by atoms with Crippen molar-refractivity contribution in [2.45, 2.75) is 65.3 Å². The van der Waals surface area contributed by atoms with Gasteiger partial charge in [-0.2, -0.15) is 0 Å². The molecule has 5 nitrogen and oxygen atoms in total. The van der Waals surface area contributed by atoms with Gasteiger partial charge in [0.1, 0.15) is 5.60 Å². The van der Waals surface area contributed by atoms with Crippen LogP contribution in [0.25, 0.3) is 5.57 Å². The van der Waals surface area contributed by atoms with E-state index >= 15 is 0 Å². The van der Waals surface area contributed by atoms with E-state index in [2.05, 4.69) is 39.8 Å². The van der Waals surface area contributed by atoms with Crippen molar-refractivity contribution in [2.24, 2.45) is 0 Å². The summed E-state index contributed by atoms with van der Waals surface area (Å²) in [4.78, 5) is 14.1. The number of rotatable bonds is 2. The second kappa shape index (κ2) is 6.68. The zero-order valence-electron chi connectivity index (χ0n) is 17.5. The summed E-state index contributed by atoms with van der Waals surface area (Å²) in [5.74, 6) is 0.